The van der Waals surface area contributed by atoms with Gasteiger partial charge >= 0.3 is 5.97 Å². The van der Waals surface area contributed by atoms with Crippen molar-refractivity contribution < 1.29 is 24.1 Å². The van der Waals surface area contributed by atoms with Crippen LogP contribution in [0, 0.1) is 5.82 Å². The molecule has 0 aliphatic rings. The van der Waals surface area contributed by atoms with E-state index in [1.165, 1.54) is 6.07 Å². The molecule has 2 N–H and O–H groups in total. The number of aryl methyl sites for hydroxylation is 1. The Morgan fingerprint density at radius 2 is 1.83 bits per heavy atom. The van der Waals surface area contributed by atoms with Gasteiger partial charge in [-0.15, -0.1) is 0 Å². The number of aliphatic hydroxyl groups excluding tert-OH is 1. The van der Waals surface area contributed by atoms with Gasteiger partial charge in [0, 0.05) is 29.1 Å². The molecule has 0 bridgehead atoms. The van der Waals surface area contributed by atoms with Crippen LogP contribution in [0.5, 0.6) is 5.75 Å². The normalized spacial score (nSPS) is 12.1. The minimum Gasteiger partial charge on any atom is -0.507 e. The number of ether oxygens (including phenoxy) is 1. The molecule has 0 saturated carbocycles. The number of aliphatic hydroxyl groups is 1. The number of benzene rings is 3. The molecule has 0 spiro atoms. The van der Waals surface area contributed by atoms with Crippen LogP contribution < -0.4 is 0 Å². The van der Waals surface area contributed by atoms with E-state index in [1.807, 2.05) is 41.1 Å². The van der Waals surface area contributed by atoms with Gasteiger partial charge in [-0.05, 0) is 54.3 Å². The molecule has 35 heavy (non-hydrogen) atoms. The van der Waals surface area contributed by atoms with E-state index < -0.39 is 17.9 Å². The average molecular weight is 476 g/mol. The summed E-state index contributed by atoms with van der Waals surface area (Å²) in [7, 11) is 0. The summed E-state index contributed by atoms with van der Waals surface area (Å²) in [6.45, 7) is 2.09. The van der Waals surface area contributed by atoms with Crippen molar-refractivity contribution in [2.24, 2.45) is 0 Å². The first-order valence-corrected chi connectivity index (χ1v) is 11.9. The number of hydrogen-bond donors (Lipinski definition) is 2. The lowest BCUT2D eigenvalue weighted by molar-refractivity contribution is 0.0259. The first-order chi connectivity index (χ1) is 17.0. The second kappa shape index (κ2) is 11.2. The lowest BCUT2D eigenvalue weighted by Gasteiger charge is -2.12. The quantitative estimate of drug-likeness (QED) is 0.291. The fraction of sp³-hybridized carbons (Fsp3) is 0.276. The first-order valence-electron chi connectivity index (χ1n) is 11.9. The van der Waals surface area contributed by atoms with Gasteiger partial charge < -0.3 is 19.5 Å². The van der Waals surface area contributed by atoms with Gasteiger partial charge in [-0.3, -0.25) is 0 Å². The molecule has 5 nitrogen and oxygen atoms in total. The number of unbranched alkanes of at least 4 members (excludes halogenated alkanes) is 1. The van der Waals surface area contributed by atoms with Crippen molar-refractivity contribution in [1.29, 1.82) is 0 Å². The van der Waals surface area contributed by atoms with E-state index in [0.717, 1.165) is 41.3 Å². The first kappa shape index (κ1) is 24.5. The molecule has 1 heterocycles. The third-order valence-corrected chi connectivity index (χ3v) is 6.12. The number of hydrogen-bond acceptors (Lipinski definition) is 4. The Balaban J connectivity index is 1.50. The van der Waals surface area contributed by atoms with Crippen molar-refractivity contribution in [3.63, 3.8) is 0 Å². The van der Waals surface area contributed by atoms with E-state index in [-0.39, 0.29) is 30.9 Å². The summed E-state index contributed by atoms with van der Waals surface area (Å²) in [5.74, 6) is -0.966. The van der Waals surface area contributed by atoms with Gasteiger partial charge in [0.25, 0.3) is 0 Å². The Kier molecular flexibility index (Phi) is 7.83. The summed E-state index contributed by atoms with van der Waals surface area (Å²) in [6.07, 6.45) is 3.89. The van der Waals surface area contributed by atoms with Crippen molar-refractivity contribution >= 4 is 16.9 Å². The van der Waals surface area contributed by atoms with Crippen LogP contribution in [0.2, 0.25) is 0 Å². The van der Waals surface area contributed by atoms with Gasteiger partial charge in [-0.2, -0.15) is 0 Å². The molecule has 0 amide bonds. The molecule has 182 valence electrons. The maximum absolute atomic E-state index is 14.9. The van der Waals surface area contributed by atoms with Crippen LogP contribution in [0.4, 0.5) is 4.39 Å². The second-order valence-electron chi connectivity index (χ2n) is 8.80. The van der Waals surface area contributed by atoms with E-state index >= 15 is 0 Å². The summed E-state index contributed by atoms with van der Waals surface area (Å²) in [5, 5.41) is 22.0. The van der Waals surface area contributed by atoms with Gasteiger partial charge in [0.2, 0.25) is 0 Å². The monoisotopic (exact) mass is 475 g/mol. The van der Waals surface area contributed by atoms with Gasteiger partial charge in [-0.1, -0.05) is 49.7 Å². The number of phenols is 1. The zero-order valence-electron chi connectivity index (χ0n) is 19.8. The van der Waals surface area contributed by atoms with E-state index in [9.17, 15) is 19.4 Å². The highest BCUT2D eigenvalue weighted by Crippen LogP contribution is 2.28. The molecule has 1 aromatic heterocycles. The number of fused-ring (bicyclic) bond motifs is 1. The van der Waals surface area contributed by atoms with E-state index in [2.05, 4.69) is 6.92 Å². The number of esters is 1. The van der Waals surface area contributed by atoms with Crippen LogP contribution >= 0.6 is 0 Å². The Labute approximate surface area is 204 Å². The molecular formula is C29H30FNO4. The third-order valence-electron chi connectivity index (χ3n) is 6.12. The second-order valence-corrected chi connectivity index (χ2v) is 8.80. The maximum atomic E-state index is 14.9. The highest BCUT2D eigenvalue weighted by atomic mass is 19.1. The van der Waals surface area contributed by atoms with Crippen molar-refractivity contribution in [2.45, 2.75) is 45.3 Å². The van der Waals surface area contributed by atoms with Crippen molar-refractivity contribution in [3.05, 3.63) is 101 Å². The van der Waals surface area contributed by atoms with Crippen molar-refractivity contribution in [2.75, 3.05) is 6.61 Å². The van der Waals surface area contributed by atoms with Crippen LogP contribution in [-0.2, 0) is 24.1 Å². The Bertz CT molecular complexity index is 1280. The summed E-state index contributed by atoms with van der Waals surface area (Å²) in [6, 6.07) is 19.4. The summed E-state index contributed by atoms with van der Waals surface area (Å²) in [4.78, 5) is 12.2. The minimum atomic E-state index is -0.898. The average Bonchev–Trinajstić information content (AvgIpc) is 3.21. The standard InChI is InChI=1S/C29H30FNO4/c1-2-3-9-20-14-26(30)25(28(33)15-20)18-31-17-22(24-12-7-8-13-27(24)31)16-23(32)19-35-29(34)21-10-5-4-6-11-21/h4-8,10-15,17,23,32-33H,2-3,9,16,18-19H2,1H3. The molecule has 0 saturated heterocycles. The number of para-hydroxylation sites is 1. The van der Waals surface area contributed by atoms with Crippen LogP contribution in [-0.4, -0.2) is 33.5 Å². The number of halogens is 1. The fourth-order valence-electron chi connectivity index (χ4n) is 4.29. The topological polar surface area (TPSA) is 71.7 Å². The lowest BCUT2D eigenvalue weighted by Crippen LogP contribution is -2.20. The largest absolute Gasteiger partial charge is 0.507 e. The highest BCUT2D eigenvalue weighted by Gasteiger charge is 2.17. The molecule has 3 aromatic carbocycles. The molecule has 1 unspecified atom stereocenters. The number of aromatic hydroxyl groups is 1. The number of carbonyl (C=O) groups is 1. The van der Waals surface area contributed by atoms with Crippen molar-refractivity contribution in [1.82, 2.24) is 4.57 Å². The predicted octanol–water partition coefficient (Wildman–Crippen LogP) is 5.64. The number of carbonyl (C=O) groups excluding carboxylic acids is 1. The SMILES string of the molecule is CCCCc1cc(O)c(Cn2cc(CC(O)COC(=O)c3ccccc3)c3ccccc32)c(F)c1. The molecule has 4 rings (SSSR count). The molecule has 4 aromatic rings. The maximum Gasteiger partial charge on any atom is 0.338 e. The number of aromatic nitrogens is 1. The summed E-state index contributed by atoms with van der Waals surface area (Å²) < 4.78 is 22.0. The molecule has 6 heteroatoms. The van der Waals surface area contributed by atoms with Gasteiger partial charge in [-0.25, -0.2) is 9.18 Å². The number of phenolic OH excluding ortho intramolecular Hbond substituents is 1. The molecule has 0 fully saturated rings. The minimum absolute atomic E-state index is 0.0525. The van der Waals surface area contributed by atoms with E-state index in [0.29, 0.717) is 5.56 Å². The van der Waals surface area contributed by atoms with E-state index in [4.69, 9.17) is 4.74 Å². The Hall–Kier alpha value is -3.64. The Morgan fingerprint density at radius 3 is 2.57 bits per heavy atom. The summed E-state index contributed by atoms with van der Waals surface area (Å²) in [5.41, 5.74) is 3.17. The van der Waals surface area contributed by atoms with Crippen LogP contribution in [0.25, 0.3) is 10.9 Å². The number of rotatable bonds is 10. The van der Waals surface area contributed by atoms with Gasteiger partial charge in [0.05, 0.1) is 18.2 Å². The molecule has 0 aliphatic heterocycles. The zero-order valence-corrected chi connectivity index (χ0v) is 19.8. The fourth-order valence-corrected chi connectivity index (χ4v) is 4.29. The Morgan fingerprint density at radius 1 is 1.09 bits per heavy atom. The summed E-state index contributed by atoms with van der Waals surface area (Å²) >= 11 is 0. The van der Waals surface area contributed by atoms with Gasteiger partial charge in [0.15, 0.2) is 0 Å². The molecular weight excluding hydrogens is 445 g/mol. The van der Waals surface area contributed by atoms with E-state index in [1.54, 1.807) is 30.3 Å². The molecule has 0 radical (unpaired) electrons. The smallest absolute Gasteiger partial charge is 0.338 e. The predicted molar refractivity (Wildman–Crippen MR) is 134 cm³/mol. The lowest BCUT2D eigenvalue weighted by atomic mass is 10.0. The zero-order chi connectivity index (χ0) is 24.8. The van der Waals surface area contributed by atoms with Crippen molar-refractivity contribution in [3.8, 4) is 5.75 Å². The van der Waals surface area contributed by atoms with Crippen LogP contribution in [0.3, 0.4) is 0 Å². The third kappa shape index (κ3) is 5.89. The highest BCUT2D eigenvalue weighted by molar-refractivity contribution is 5.89. The molecule has 1 atom stereocenters. The number of nitrogens with zero attached hydrogens (tertiary/aromatic N) is 1. The van der Waals surface area contributed by atoms with Crippen LogP contribution in [0.15, 0.2) is 72.9 Å². The van der Waals surface area contributed by atoms with Crippen LogP contribution in [0.1, 0.15) is 46.8 Å². The van der Waals surface area contributed by atoms with Gasteiger partial charge in [0.1, 0.15) is 18.2 Å². The molecule has 0 aliphatic carbocycles.